The topological polar surface area (TPSA) is 96.8 Å². The molecule has 1 atom stereocenters. The number of methoxy groups -OCH3 is 1. The Labute approximate surface area is 117 Å². The molecular weight excluding hydrogens is 279 g/mol. The van der Waals surface area contributed by atoms with Crippen molar-refractivity contribution in [1.29, 1.82) is 0 Å². The SMILES string of the molecule is COc1cc(N)ccc1O[PH](=O)Oc1ccc(N)cc1. The van der Waals surface area contributed by atoms with Crippen molar-refractivity contribution in [2.24, 2.45) is 0 Å². The van der Waals surface area contributed by atoms with E-state index in [0.29, 0.717) is 28.6 Å². The Morgan fingerprint density at radius 1 is 0.900 bits per heavy atom. The molecule has 0 spiro atoms. The standard InChI is InChI=1S/C13H15N2O4P/c1-17-13-8-10(15)4-7-12(13)19-20(16)18-11-5-2-9(14)3-6-11/h2-8,20H,14-15H2,1H3. The molecule has 0 amide bonds. The van der Waals surface area contributed by atoms with Gasteiger partial charge < -0.3 is 25.3 Å². The van der Waals surface area contributed by atoms with Gasteiger partial charge in [-0.1, -0.05) is 0 Å². The van der Waals surface area contributed by atoms with Crippen LogP contribution < -0.4 is 25.3 Å². The van der Waals surface area contributed by atoms with E-state index in [9.17, 15) is 4.57 Å². The minimum absolute atomic E-state index is 0.307. The van der Waals surface area contributed by atoms with Crippen LogP contribution in [0.2, 0.25) is 0 Å². The third-order valence-corrected chi connectivity index (χ3v) is 3.25. The predicted octanol–water partition coefficient (Wildman–Crippen LogP) is 2.71. The molecule has 0 aromatic heterocycles. The summed E-state index contributed by atoms with van der Waals surface area (Å²) < 4.78 is 27.4. The van der Waals surface area contributed by atoms with Crippen LogP contribution in [0.4, 0.5) is 11.4 Å². The number of rotatable bonds is 5. The van der Waals surface area contributed by atoms with Crippen molar-refractivity contribution in [1.82, 2.24) is 0 Å². The first-order valence-corrected chi connectivity index (χ1v) is 6.99. The fourth-order valence-electron chi connectivity index (χ4n) is 1.51. The maximum atomic E-state index is 11.8. The van der Waals surface area contributed by atoms with Gasteiger partial charge in [-0.15, -0.1) is 0 Å². The van der Waals surface area contributed by atoms with Crippen molar-refractivity contribution in [3.05, 3.63) is 42.5 Å². The van der Waals surface area contributed by atoms with Gasteiger partial charge >= 0.3 is 8.25 Å². The lowest BCUT2D eigenvalue weighted by Crippen LogP contribution is -1.94. The normalized spacial score (nSPS) is 11.7. The molecule has 0 saturated carbocycles. The number of nitrogens with two attached hydrogens (primary N) is 2. The maximum Gasteiger partial charge on any atom is 0.419 e. The Morgan fingerprint density at radius 3 is 2.20 bits per heavy atom. The lowest BCUT2D eigenvalue weighted by molar-refractivity contribution is 0.375. The molecule has 0 aliphatic rings. The third-order valence-electron chi connectivity index (χ3n) is 2.46. The summed E-state index contributed by atoms with van der Waals surface area (Å²) in [7, 11) is -1.29. The third kappa shape index (κ3) is 3.59. The van der Waals surface area contributed by atoms with E-state index < -0.39 is 8.25 Å². The fraction of sp³-hybridized carbons (Fsp3) is 0.0769. The van der Waals surface area contributed by atoms with Crippen molar-refractivity contribution < 1.29 is 18.3 Å². The van der Waals surface area contributed by atoms with E-state index in [0.717, 1.165) is 0 Å². The van der Waals surface area contributed by atoms with Crippen LogP contribution in [0.15, 0.2) is 42.5 Å². The zero-order valence-electron chi connectivity index (χ0n) is 10.8. The fourth-order valence-corrected chi connectivity index (χ4v) is 2.23. The van der Waals surface area contributed by atoms with Crippen LogP contribution in [0.5, 0.6) is 17.2 Å². The second kappa shape index (κ2) is 6.21. The molecule has 2 aromatic carbocycles. The van der Waals surface area contributed by atoms with Crippen molar-refractivity contribution in [2.75, 3.05) is 18.6 Å². The molecule has 0 heterocycles. The molecule has 0 saturated heterocycles. The highest BCUT2D eigenvalue weighted by Crippen LogP contribution is 2.37. The van der Waals surface area contributed by atoms with Crippen LogP contribution in [0.25, 0.3) is 0 Å². The minimum Gasteiger partial charge on any atom is -0.493 e. The van der Waals surface area contributed by atoms with Gasteiger partial charge in [0.2, 0.25) is 0 Å². The Balaban J connectivity index is 2.06. The second-order valence-corrected chi connectivity index (χ2v) is 4.84. The Morgan fingerprint density at radius 2 is 1.55 bits per heavy atom. The van der Waals surface area contributed by atoms with Gasteiger partial charge in [-0.05, 0) is 36.4 Å². The number of ether oxygens (including phenoxy) is 1. The smallest absolute Gasteiger partial charge is 0.419 e. The lowest BCUT2D eigenvalue weighted by Gasteiger charge is -2.11. The second-order valence-electron chi connectivity index (χ2n) is 3.93. The van der Waals surface area contributed by atoms with Gasteiger partial charge in [0.25, 0.3) is 0 Å². The van der Waals surface area contributed by atoms with E-state index >= 15 is 0 Å². The van der Waals surface area contributed by atoms with Crippen LogP contribution in [-0.2, 0) is 4.57 Å². The van der Waals surface area contributed by atoms with E-state index in [1.807, 2.05) is 0 Å². The summed E-state index contributed by atoms with van der Waals surface area (Å²) in [6, 6.07) is 11.3. The summed E-state index contributed by atoms with van der Waals surface area (Å²) >= 11 is 0. The van der Waals surface area contributed by atoms with E-state index in [-0.39, 0.29) is 0 Å². The number of anilines is 2. The van der Waals surface area contributed by atoms with Crippen LogP contribution in [0.1, 0.15) is 0 Å². The zero-order chi connectivity index (χ0) is 14.5. The van der Waals surface area contributed by atoms with Gasteiger partial charge in [0.15, 0.2) is 11.5 Å². The van der Waals surface area contributed by atoms with Gasteiger partial charge in [-0.3, -0.25) is 0 Å². The first kappa shape index (κ1) is 14.1. The summed E-state index contributed by atoms with van der Waals surface area (Å²) in [6.45, 7) is 0. The summed E-state index contributed by atoms with van der Waals surface area (Å²) in [5, 5.41) is 0. The van der Waals surface area contributed by atoms with Gasteiger partial charge in [-0.2, -0.15) is 0 Å². The van der Waals surface area contributed by atoms with Gasteiger partial charge in [0, 0.05) is 17.4 Å². The molecule has 20 heavy (non-hydrogen) atoms. The van der Waals surface area contributed by atoms with Crippen molar-refractivity contribution in [3.8, 4) is 17.2 Å². The molecule has 0 fully saturated rings. The molecule has 106 valence electrons. The van der Waals surface area contributed by atoms with E-state index in [1.165, 1.54) is 7.11 Å². The molecule has 1 unspecified atom stereocenters. The maximum absolute atomic E-state index is 11.8. The molecule has 2 rings (SSSR count). The first-order chi connectivity index (χ1) is 9.58. The Bertz CT molecular complexity index is 616. The Hall–Kier alpha value is -2.33. The number of hydrogen-bond donors (Lipinski definition) is 2. The number of benzene rings is 2. The average Bonchev–Trinajstić information content (AvgIpc) is 2.43. The highest BCUT2D eigenvalue weighted by Gasteiger charge is 2.10. The van der Waals surface area contributed by atoms with Gasteiger partial charge in [-0.25, -0.2) is 4.57 Å². The molecule has 4 N–H and O–H groups in total. The predicted molar refractivity (Wildman–Crippen MR) is 78.5 cm³/mol. The van der Waals surface area contributed by atoms with Gasteiger partial charge in [0.05, 0.1) is 7.11 Å². The minimum atomic E-state index is -2.76. The lowest BCUT2D eigenvalue weighted by atomic mass is 10.3. The van der Waals surface area contributed by atoms with Crippen molar-refractivity contribution in [3.63, 3.8) is 0 Å². The molecule has 0 aliphatic carbocycles. The molecule has 0 bridgehead atoms. The van der Waals surface area contributed by atoms with Crippen LogP contribution in [0.3, 0.4) is 0 Å². The molecule has 0 aliphatic heterocycles. The number of hydrogen-bond acceptors (Lipinski definition) is 6. The zero-order valence-corrected chi connectivity index (χ0v) is 11.8. The summed E-state index contributed by atoms with van der Waals surface area (Å²) in [5.74, 6) is 1.11. The highest BCUT2D eigenvalue weighted by atomic mass is 31.1. The largest absolute Gasteiger partial charge is 0.493 e. The summed E-state index contributed by atoms with van der Waals surface area (Å²) in [4.78, 5) is 0. The molecule has 6 nitrogen and oxygen atoms in total. The van der Waals surface area contributed by atoms with Crippen LogP contribution in [-0.4, -0.2) is 7.11 Å². The summed E-state index contributed by atoms with van der Waals surface area (Å²) in [5.41, 5.74) is 12.3. The molecule has 7 heteroatoms. The van der Waals surface area contributed by atoms with Crippen molar-refractivity contribution >= 4 is 19.6 Å². The number of nitrogen functional groups attached to an aromatic ring is 2. The average molecular weight is 294 g/mol. The highest BCUT2D eigenvalue weighted by molar-refractivity contribution is 7.34. The van der Waals surface area contributed by atoms with E-state index in [2.05, 4.69) is 0 Å². The first-order valence-electron chi connectivity index (χ1n) is 5.77. The van der Waals surface area contributed by atoms with Gasteiger partial charge in [0.1, 0.15) is 5.75 Å². The van der Waals surface area contributed by atoms with E-state index in [4.69, 9.17) is 25.3 Å². The molecule has 2 aromatic rings. The van der Waals surface area contributed by atoms with Crippen molar-refractivity contribution in [2.45, 2.75) is 0 Å². The van der Waals surface area contributed by atoms with Crippen LogP contribution >= 0.6 is 8.25 Å². The molecule has 0 radical (unpaired) electrons. The summed E-state index contributed by atoms with van der Waals surface area (Å²) in [6.07, 6.45) is 0. The van der Waals surface area contributed by atoms with E-state index in [1.54, 1.807) is 42.5 Å². The quantitative estimate of drug-likeness (QED) is 0.650. The molecular formula is C13H15N2O4P. The van der Waals surface area contributed by atoms with Crippen LogP contribution in [0, 0.1) is 0 Å². The Kier molecular flexibility index (Phi) is 4.38. The monoisotopic (exact) mass is 294 g/mol.